The van der Waals surface area contributed by atoms with Crippen LogP contribution in [0.1, 0.15) is 12.5 Å². The van der Waals surface area contributed by atoms with Gasteiger partial charge in [-0.05, 0) is 67.9 Å². The van der Waals surface area contributed by atoms with Crippen LogP contribution in [-0.4, -0.2) is 24.3 Å². The summed E-state index contributed by atoms with van der Waals surface area (Å²) in [6.45, 7) is 4.47. The lowest BCUT2D eigenvalue weighted by Crippen LogP contribution is -2.20. The van der Waals surface area contributed by atoms with Crippen LogP contribution < -0.4 is 20.7 Å². The number of carbonyl (C=O) groups excluding carboxylic acids is 2. The molecular weight excluding hydrogens is 410 g/mol. The molecule has 3 rings (SSSR count). The van der Waals surface area contributed by atoms with E-state index in [1.54, 1.807) is 12.1 Å². The van der Waals surface area contributed by atoms with Gasteiger partial charge >= 0.3 is 6.03 Å². The molecule has 0 saturated heterocycles. The minimum absolute atomic E-state index is 0.118. The molecule has 0 aromatic heterocycles. The van der Waals surface area contributed by atoms with Gasteiger partial charge < -0.3 is 20.7 Å². The lowest BCUT2D eigenvalue weighted by atomic mass is 10.2. The van der Waals surface area contributed by atoms with Gasteiger partial charge in [0.2, 0.25) is 5.91 Å². The van der Waals surface area contributed by atoms with Gasteiger partial charge in [-0.1, -0.05) is 24.3 Å². The molecule has 0 aliphatic heterocycles. The van der Waals surface area contributed by atoms with Crippen molar-refractivity contribution in [1.29, 1.82) is 0 Å². The van der Waals surface area contributed by atoms with E-state index in [4.69, 9.17) is 4.74 Å². The number of nitrogens with one attached hydrogen (secondary N) is 3. The van der Waals surface area contributed by atoms with Crippen LogP contribution in [0.4, 0.5) is 21.9 Å². The summed E-state index contributed by atoms with van der Waals surface area (Å²) >= 11 is 1.45. The van der Waals surface area contributed by atoms with Crippen molar-refractivity contribution in [1.82, 2.24) is 0 Å². The zero-order chi connectivity index (χ0) is 22.1. The Morgan fingerprint density at radius 3 is 2.29 bits per heavy atom. The van der Waals surface area contributed by atoms with Crippen molar-refractivity contribution >= 4 is 40.8 Å². The summed E-state index contributed by atoms with van der Waals surface area (Å²) in [5, 5.41) is 8.47. The first-order valence-corrected chi connectivity index (χ1v) is 10.9. The molecule has 3 amide bonds. The van der Waals surface area contributed by atoms with Crippen molar-refractivity contribution in [3.8, 4) is 5.75 Å². The van der Waals surface area contributed by atoms with E-state index in [9.17, 15) is 9.59 Å². The Balaban J connectivity index is 1.54. The fraction of sp³-hybridized carbons (Fsp3) is 0.167. The van der Waals surface area contributed by atoms with Crippen LogP contribution in [0.2, 0.25) is 0 Å². The van der Waals surface area contributed by atoms with E-state index in [1.165, 1.54) is 11.8 Å². The van der Waals surface area contributed by atoms with Crippen molar-refractivity contribution in [2.24, 2.45) is 0 Å². The van der Waals surface area contributed by atoms with Gasteiger partial charge in [0, 0.05) is 22.0 Å². The summed E-state index contributed by atoms with van der Waals surface area (Å²) in [5.41, 5.74) is 2.86. The fourth-order valence-corrected chi connectivity index (χ4v) is 3.48. The summed E-state index contributed by atoms with van der Waals surface area (Å²) in [7, 11) is 0. The normalized spacial score (nSPS) is 10.3. The van der Waals surface area contributed by atoms with E-state index in [-0.39, 0.29) is 17.7 Å². The molecule has 0 fully saturated rings. The summed E-state index contributed by atoms with van der Waals surface area (Å²) in [4.78, 5) is 25.6. The summed E-state index contributed by atoms with van der Waals surface area (Å²) in [6.07, 6.45) is 0. The standard InChI is InChI=1S/C24H25N3O3S/c1-3-30-20-11-13-21(14-12-20)31-16-23(28)27-22-15-19(10-9-17(22)2)26-24(29)25-18-7-5-4-6-8-18/h4-15H,3,16H2,1-2H3,(H,27,28)(H2,25,26,29). The number of aryl methyl sites for hydroxylation is 1. The Morgan fingerprint density at radius 1 is 0.871 bits per heavy atom. The molecule has 0 spiro atoms. The molecule has 3 aromatic carbocycles. The van der Waals surface area contributed by atoms with Crippen LogP contribution in [0.3, 0.4) is 0 Å². The highest BCUT2D eigenvalue weighted by molar-refractivity contribution is 8.00. The zero-order valence-electron chi connectivity index (χ0n) is 17.5. The monoisotopic (exact) mass is 435 g/mol. The topological polar surface area (TPSA) is 79.5 Å². The predicted molar refractivity (Wildman–Crippen MR) is 127 cm³/mol. The average molecular weight is 436 g/mol. The van der Waals surface area contributed by atoms with Gasteiger partial charge in [-0.2, -0.15) is 0 Å². The van der Waals surface area contributed by atoms with Crippen LogP contribution in [0.5, 0.6) is 5.75 Å². The third kappa shape index (κ3) is 7.08. The summed E-state index contributed by atoms with van der Waals surface area (Å²) < 4.78 is 5.43. The number of benzene rings is 3. The molecule has 7 heteroatoms. The molecule has 0 aliphatic rings. The van der Waals surface area contributed by atoms with E-state index >= 15 is 0 Å². The number of anilines is 3. The van der Waals surface area contributed by atoms with Crippen molar-refractivity contribution in [2.45, 2.75) is 18.7 Å². The van der Waals surface area contributed by atoms with Gasteiger partial charge in [-0.3, -0.25) is 4.79 Å². The first-order valence-electron chi connectivity index (χ1n) is 9.92. The average Bonchev–Trinajstić information content (AvgIpc) is 2.76. The zero-order valence-corrected chi connectivity index (χ0v) is 18.3. The molecule has 0 saturated carbocycles. The number of amides is 3. The van der Waals surface area contributed by atoms with Gasteiger partial charge in [-0.25, -0.2) is 4.79 Å². The van der Waals surface area contributed by atoms with Crippen molar-refractivity contribution in [2.75, 3.05) is 28.3 Å². The van der Waals surface area contributed by atoms with Crippen molar-refractivity contribution in [3.05, 3.63) is 78.4 Å². The smallest absolute Gasteiger partial charge is 0.323 e. The second-order valence-corrected chi connectivity index (χ2v) is 7.76. The Morgan fingerprint density at radius 2 is 1.58 bits per heavy atom. The SMILES string of the molecule is CCOc1ccc(SCC(=O)Nc2cc(NC(=O)Nc3ccccc3)ccc2C)cc1. The number of carbonyl (C=O) groups is 2. The van der Waals surface area contributed by atoms with Crippen LogP contribution >= 0.6 is 11.8 Å². The molecule has 3 N–H and O–H groups in total. The Hall–Kier alpha value is -3.45. The number of hydrogen-bond donors (Lipinski definition) is 3. The number of rotatable bonds is 8. The first-order chi connectivity index (χ1) is 15.0. The molecule has 31 heavy (non-hydrogen) atoms. The second kappa shape index (κ2) is 11.1. The minimum Gasteiger partial charge on any atom is -0.494 e. The third-order valence-corrected chi connectivity index (χ3v) is 5.32. The molecule has 0 aliphatic carbocycles. The number of thioether (sulfide) groups is 1. The third-order valence-electron chi connectivity index (χ3n) is 4.31. The van der Waals surface area contributed by atoms with Gasteiger partial charge in [0.1, 0.15) is 5.75 Å². The molecule has 0 unspecified atom stereocenters. The molecular formula is C24H25N3O3S. The molecule has 0 atom stereocenters. The van der Waals surface area contributed by atoms with Gasteiger partial charge in [0.05, 0.1) is 12.4 Å². The Kier molecular flexibility index (Phi) is 7.95. The van der Waals surface area contributed by atoms with Crippen LogP contribution in [0.25, 0.3) is 0 Å². The molecule has 0 bridgehead atoms. The van der Waals surface area contributed by atoms with E-state index < -0.39 is 0 Å². The van der Waals surface area contributed by atoms with Crippen molar-refractivity contribution < 1.29 is 14.3 Å². The maximum Gasteiger partial charge on any atom is 0.323 e. The highest BCUT2D eigenvalue weighted by Gasteiger charge is 2.09. The highest BCUT2D eigenvalue weighted by atomic mass is 32.2. The molecule has 6 nitrogen and oxygen atoms in total. The van der Waals surface area contributed by atoms with Crippen LogP contribution in [-0.2, 0) is 4.79 Å². The number of urea groups is 1. The number of hydrogen-bond acceptors (Lipinski definition) is 4. The van der Waals surface area contributed by atoms with Gasteiger partial charge in [0.25, 0.3) is 0 Å². The summed E-state index contributed by atoms with van der Waals surface area (Å²) in [6, 6.07) is 21.9. The molecule has 160 valence electrons. The summed E-state index contributed by atoms with van der Waals surface area (Å²) in [5.74, 6) is 0.972. The quantitative estimate of drug-likeness (QED) is 0.393. The fourth-order valence-electron chi connectivity index (χ4n) is 2.78. The lowest BCUT2D eigenvalue weighted by molar-refractivity contribution is -0.113. The molecule has 0 heterocycles. The predicted octanol–water partition coefficient (Wildman–Crippen LogP) is 5.77. The van der Waals surface area contributed by atoms with E-state index in [2.05, 4.69) is 16.0 Å². The lowest BCUT2D eigenvalue weighted by Gasteiger charge is -2.12. The van der Waals surface area contributed by atoms with Crippen LogP contribution in [0.15, 0.2) is 77.7 Å². The number of ether oxygens (including phenoxy) is 1. The van der Waals surface area contributed by atoms with Crippen molar-refractivity contribution in [3.63, 3.8) is 0 Å². The highest BCUT2D eigenvalue weighted by Crippen LogP contribution is 2.24. The van der Waals surface area contributed by atoms with E-state index in [0.717, 1.165) is 16.2 Å². The number of para-hydroxylation sites is 1. The maximum absolute atomic E-state index is 12.4. The van der Waals surface area contributed by atoms with Gasteiger partial charge in [-0.15, -0.1) is 11.8 Å². The first kappa shape index (κ1) is 22.2. The largest absolute Gasteiger partial charge is 0.494 e. The molecule has 3 aromatic rings. The van der Waals surface area contributed by atoms with E-state index in [1.807, 2.05) is 74.5 Å². The second-order valence-electron chi connectivity index (χ2n) is 6.72. The maximum atomic E-state index is 12.4. The van der Waals surface area contributed by atoms with Crippen LogP contribution in [0, 0.1) is 6.92 Å². The van der Waals surface area contributed by atoms with Gasteiger partial charge in [0.15, 0.2) is 0 Å². The molecule has 0 radical (unpaired) electrons. The Labute approximate surface area is 186 Å². The van der Waals surface area contributed by atoms with E-state index in [0.29, 0.717) is 23.7 Å². The minimum atomic E-state index is -0.349. The Bertz CT molecular complexity index is 1020.